The van der Waals surface area contributed by atoms with Gasteiger partial charge < -0.3 is 5.32 Å². The van der Waals surface area contributed by atoms with E-state index in [0.717, 1.165) is 23.8 Å². The molecule has 15 heavy (non-hydrogen) atoms. The van der Waals surface area contributed by atoms with Crippen molar-refractivity contribution < 1.29 is 0 Å². The Hall–Kier alpha value is 0.310. The van der Waals surface area contributed by atoms with E-state index >= 15 is 0 Å². The Morgan fingerprint density at radius 1 is 1.07 bits per heavy atom. The lowest BCUT2D eigenvalue weighted by Crippen LogP contribution is -2.34. The van der Waals surface area contributed by atoms with Crippen LogP contribution < -0.4 is 5.32 Å². The monoisotopic (exact) mass is 227 g/mol. The third-order valence-electron chi connectivity index (χ3n) is 3.94. The summed E-state index contributed by atoms with van der Waals surface area (Å²) in [6.07, 6.45) is 10.3. The molecule has 0 aliphatic heterocycles. The standard InChI is InChI=1S/C13H25NS/c1-2-14-12-8-5-9-13(12)15-10-11-6-3-4-7-11/h11-14H,2-10H2,1H3. The lowest BCUT2D eigenvalue weighted by molar-refractivity contribution is 0.548. The van der Waals surface area contributed by atoms with Crippen molar-refractivity contribution in [2.24, 2.45) is 5.92 Å². The Kier molecular flexibility index (Phi) is 4.83. The Morgan fingerprint density at radius 2 is 1.87 bits per heavy atom. The quantitative estimate of drug-likeness (QED) is 0.772. The first kappa shape index (κ1) is 11.8. The molecule has 0 aromatic rings. The highest BCUT2D eigenvalue weighted by molar-refractivity contribution is 7.99. The molecular formula is C13H25NS. The van der Waals surface area contributed by atoms with E-state index < -0.39 is 0 Å². The van der Waals surface area contributed by atoms with Gasteiger partial charge >= 0.3 is 0 Å². The van der Waals surface area contributed by atoms with Gasteiger partial charge in [0.2, 0.25) is 0 Å². The zero-order chi connectivity index (χ0) is 10.5. The van der Waals surface area contributed by atoms with Gasteiger partial charge in [-0.1, -0.05) is 26.2 Å². The van der Waals surface area contributed by atoms with Gasteiger partial charge in [-0.2, -0.15) is 11.8 Å². The molecule has 2 aliphatic carbocycles. The van der Waals surface area contributed by atoms with Crippen molar-refractivity contribution in [2.45, 2.75) is 63.2 Å². The molecule has 0 aromatic carbocycles. The summed E-state index contributed by atoms with van der Waals surface area (Å²) < 4.78 is 0. The maximum atomic E-state index is 3.65. The predicted octanol–water partition coefficient (Wildman–Crippen LogP) is 3.44. The number of hydrogen-bond donors (Lipinski definition) is 1. The van der Waals surface area contributed by atoms with E-state index in [-0.39, 0.29) is 0 Å². The molecule has 0 bridgehead atoms. The van der Waals surface area contributed by atoms with Gasteiger partial charge in [0.15, 0.2) is 0 Å². The first-order valence-corrected chi connectivity index (χ1v) is 7.80. The molecule has 1 N–H and O–H groups in total. The largest absolute Gasteiger partial charge is 0.313 e. The van der Waals surface area contributed by atoms with Gasteiger partial charge in [-0.3, -0.25) is 0 Å². The normalized spacial score (nSPS) is 32.6. The molecular weight excluding hydrogens is 202 g/mol. The summed E-state index contributed by atoms with van der Waals surface area (Å²) in [6.45, 7) is 3.38. The Bertz CT molecular complexity index is 177. The highest BCUT2D eigenvalue weighted by Gasteiger charge is 2.27. The molecule has 2 saturated carbocycles. The fraction of sp³-hybridized carbons (Fsp3) is 1.00. The van der Waals surface area contributed by atoms with E-state index in [2.05, 4.69) is 24.0 Å². The van der Waals surface area contributed by atoms with Gasteiger partial charge in [-0.25, -0.2) is 0 Å². The zero-order valence-electron chi connectivity index (χ0n) is 10.0. The van der Waals surface area contributed by atoms with Crippen LogP contribution in [0.25, 0.3) is 0 Å². The maximum Gasteiger partial charge on any atom is 0.0201 e. The summed E-state index contributed by atoms with van der Waals surface area (Å²) in [5.41, 5.74) is 0. The van der Waals surface area contributed by atoms with Crippen LogP contribution in [0.2, 0.25) is 0 Å². The van der Waals surface area contributed by atoms with Crippen molar-refractivity contribution in [3.8, 4) is 0 Å². The first-order chi connectivity index (χ1) is 7.40. The van der Waals surface area contributed by atoms with Crippen LogP contribution in [-0.4, -0.2) is 23.6 Å². The smallest absolute Gasteiger partial charge is 0.0201 e. The molecule has 2 aliphatic rings. The molecule has 2 rings (SSSR count). The molecule has 1 nitrogen and oxygen atoms in total. The van der Waals surface area contributed by atoms with Gasteiger partial charge in [0, 0.05) is 11.3 Å². The molecule has 2 atom stereocenters. The van der Waals surface area contributed by atoms with Crippen LogP contribution in [0.4, 0.5) is 0 Å². The predicted molar refractivity (Wildman–Crippen MR) is 69.5 cm³/mol. The van der Waals surface area contributed by atoms with Gasteiger partial charge in [0.05, 0.1) is 0 Å². The molecule has 0 amide bonds. The van der Waals surface area contributed by atoms with Crippen LogP contribution >= 0.6 is 11.8 Å². The lowest BCUT2D eigenvalue weighted by Gasteiger charge is -2.21. The highest BCUT2D eigenvalue weighted by atomic mass is 32.2. The van der Waals surface area contributed by atoms with Crippen molar-refractivity contribution in [1.82, 2.24) is 5.32 Å². The van der Waals surface area contributed by atoms with Crippen LogP contribution in [0.1, 0.15) is 51.9 Å². The summed E-state index contributed by atoms with van der Waals surface area (Å²) in [7, 11) is 0. The molecule has 2 unspecified atom stereocenters. The molecule has 88 valence electrons. The van der Waals surface area contributed by atoms with Crippen molar-refractivity contribution in [3.63, 3.8) is 0 Å². The number of rotatable bonds is 5. The van der Waals surface area contributed by atoms with Gasteiger partial charge in [0.1, 0.15) is 0 Å². The summed E-state index contributed by atoms with van der Waals surface area (Å²) >= 11 is 2.27. The molecule has 0 radical (unpaired) electrons. The number of nitrogens with one attached hydrogen (secondary N) is 1. The molecule has 2 heteroatoms. The van der Waals surface area contributed by atoms with Crippen LogP contribution in [0.15, 0.2) is 0 Å². The van der Waals surface area contributed by atoms with Gasteiger partial charge in [0.25, 0.3) is 0 Å². The lowest BCUT2D eigenvalue weighted by atomic mass is 10.1. The van der Waals surface area contributed by atoms with E-state index in [1.165, 1.54) is 50.7 Å². The Balaban J connectivity index is 1.68. The van der Waals surface area contributed by atoms with E-state index in [1.807, 2.05) is 0 Å². The minimum absolute atomic E-state index is 0.821. The number of hydrogen-bond acceptors (Lipinski definition) is 2. The Morgan fingerprint density at radius 3 is 2.60 bits per heavy atom. The number of thioether (sulfide) groups is 1. The fourth-order valence-electron chi connectivity index (χ4n) is 3.06. The second-order valence-electron chi connectivity index (χ2n) is 5.12. The third kappa shape index (κ3) is 3.39. The average molecular weight is 227 g/mol. The topological polar surface area (TPSA) is 12.0 Å². The molecule has 0 aromatic heterocycles. The third-order valence-corrected chi connectivity index (χ3v) is 5.60. The highest BCUT2D eigenvalue weighted by Crippen LogP contribution is 2.35. The van der Waals surface area contributed by atoms with Gasteiger partial charge in [-0.05, 0) is 43.9 Å². The van der Waals surface area contributed by atoms with Crippen molar-refractivity contribution >= 4 is 11.8 Å². The first-order valence-electron chi connectivity index (χ1n) is 6.75. The second kappa shape index (κ2) is 6.15. The van der Waals surface area contributed by atoms with Crippen molar-refractivity contribution in [1.29, 1.82) is 0 Å². The molecule has 0 saturated heterocycles. The van der Waals surface area contributed by atoms with Crippen LogP contribution in [0.3, 0.4) is 0 Å². The minimum Gasteiger partial charge on any atom is -0.313 e. The summed E-state index contributed by atoms with van der Waals surface area (Å²) in [6, 6.07) is 0.821. The summed E-state index contributed by atoms with van der Waals surface area (Å²) in [5.74, 6) is 2.49. The van der Waals surface area contributed by atoms with E-state index in [1.54, 1.807) is 0 Å². The van der Waals surface area contributed by atoms with Crippen LogP contribution in [0.5, 0.6) is 0 Å². The molecule has 0 spiro atoms. The molecule has 2 fully saturated rings. The Labute approximate surface area is 98.8 Å². The maximum absolute atomic E-state index is 3.65. The SMILES string of the molecule is CCNC1CCCC1SCC1CCCC1. The van der Waals surface area contributed by atoms with Crippen molar-refractivity contribution in [3.05, 3.63) is 0 Å². The summed E-state index contributed by atoms with van der Waals surface area (Å²) in [5, 5.41) is 4.57. The summed E-state index contributed by atoms with van der Waals surface area (Å²) in [4.78, 5) is 0. The van der Waals surface area contributed by atoms with Crippen molar-refractivity contribution in [2.75, 3.05) is 12.3 Å². The fourth-order valence-corrected chi connectivity index (χ4v) is 4.71. The van der Waals surface area contributed by atoms with Gasteiger partial charge in [-0.15, -0.1) is 0 Å². The minimum atomic E-state index is 0.821. The van der Waals surface area contributed by atoms with E-state index in [9.17, 15) is 0 Å². The van der Waals surface area contributed by atoms with E-state index in [4.69, 9.17) is 0 Å². The second-order valence-corrected chi connectivity index (χ2v) is 6.39. The van der Waals surface area contributed by atoms with E-state index in [0.29, 0.717) is 0 Å². The molecule has 0 heterocycles. The zero-order valence-corrected chi connectivity index (χ0v) is 10.8. The van der Waals surface area contributed by atoms with Crippen LogP contribution in [0, 0.1) is 5.92 Å². The van der Waals surface area contributed by atoms with Crippen LogP contribution in [-0.2, 0) is 0 Å². The average Bonchev–Trinajstić information content (AvgIpc) is 2.85.